The van der Waals surface area contributed by atoms with E-state index in [2.05, 4.69) is 30.6 Å². The molecular weight excluding hydrogens is 258 g/mol. The van der Waals surface area contributed by atoms with E-state index in [0.29, 0.717) is 18.4 Å². The molecule has 0 fully saturated rings. The van der Waals surface area contributed by atoms with Crippen molar-refractivity contribution in [1.82, 2.24) is 24.5 Å². The fourth-order valence-corrected chi connectivity index (χ4v) is 1.69. The zero-order chi connectivity index (χ0) is 14.4. The zero-order valence-electron chi connectivity index (χ0n) is 11.9. The van der Waals surface area contributed by atoms with E-state index in [0.717, 1.165) is 18.8 Å². The molecule has 2 aromatic rings. The molecule has 0 atom stereocenters. The number of hydrogen-bond acceptors (Lipinski definition) is 7. The van der Waals surface area contributed by atoms with Gasteiger partial charge in [0.1, 0.15) is 5.82 Å². The SMILES string of the molecule is CCNc1nc(NCCc2nccn2C)nc(OC)n1. The highest BCUT2D eigenvalue weighted by molar-refractivity contribution is 5.35. The van der Waals surface area contributed by atoms with E-state index >= 15 is 0 Å². The lowest BCUT2D eigenvalue weighted by Crippen LogP contribution is -2.13. The molecule has 0 bridgehead atoms. The van der Waals surface area contributed by atoms with Crippen LogP contribution in [0.2, 0.25) is 0 Å². The number of nitrogens with zero attached hydrogens (tertiary/aromatic N) is 5. The van der Waals surface area contributed by atoms with Crippen molar-refractivity contribution in [3.05, 3.63) is 18.2 Å². The van der Waals surface area contributed by atoms with Gasteiger partial charge < -0.3 is 19.9 Å². The molecule has 2 heterocycles. The normalized spacial score (nSPS) is 10.3. The van der Waals surface area contributed by atoms with Crippen LogP contribution in [0.5, 0.6) is 6.01 Å². The summed E-state index contributed by atoms with van der Waals surface area (Å²) in [5, 5.41) is 6.19. The zero-order valence-corrected chi connectivity index (χ0v) is 11.9. The summed E-state index contributed by atoms with van der Waals surface area (Å²) in [6.45, 7) is 3.40. The van der Waals surface area contributed by atoms with Crippen LogP contribution in [-0.4, -0.2) is 44.7 Å². The Bertz CT molecular complexity index is 554. The number of anilines is 2. The number of nitrogens with one attached hydrogen (secondary N) is 2. The van der Waals surface area contributed by atoms with Crippen LogP contribution >= 0.6 is 0 Å². The molecule has 8 heteroatoms. The van der Waals surface area contributed by atoms with E-state index in [1.807, 2.05) is 24.7 Å². The second-order valence-corrected chi connectivity index (χ2v) is 4.13. The minimum Gasteiger partial charge on any atom is -0.467 e. The van der Waals surface area contributed by atoms with E-state index < -0.39 is 0 Å². The predicted octanol–water partition coefficient (Wildman–Crippen LogP) is 0.700. The summed E-state index contributed by atoms with van der Waals surface area (Å²) in [5.74, 6) is 1.99. The largest absolute Gasteiger partial charge is 0.467 e. The Morgan fingerprint density at radius 1 is 1.20 bits per heavy atom. The minimum absolute atomic E-state index is 0.287. The molecule has 0 aromatic carbocycles. The molecule has 108 valence electrons. The first kappa shape index (κ1) is 14.0. The molecule has 0 aliphatic heterocycles. The van der Waals surface area contributed by atoms with Crippen molar-refractivity contribution in [3.63, 3.8) is 0 Å². The van der Waals surface area contributed by atoms with Gasteiger partial charge in [-0.2, -0.15) is 15.0 Å². The molecule has 0 unspecified atom stereocenters. The van der Waals surface area contributed by atoms with Gasteiger partial charge in [0.05, 0.1) is 7.11 Å². The summed E-state index contributed by atoms with van der Waals surface area (Å²) in [4.78, 5) is 16.8. The summed E-state index contributed by atoms with van der Waals surface area (Å²) in [7, 11) is 3.50. The van der Waals surface area contributed by atoms with Crippen LogP contribution in [0.15, 0.2) is 12.4 Å². The smallest absolute Gasteiger partial charge is 0.322 e. The molecule has 20 heavy (non-hydrogen) atoms. The summed E-state index contributed by atoms with van der Waals surface area (Å²) >= 11 is 0. The third kappa shape index (κ3) is 3.56. The topological polar surface area (TPSA) is 89.8 Å². The predicted molar refractivity (Wildman–Crippen MR) is 75.9 cm³/mol. The average Bonchev–Trinajstić information content (AvgIpc) is 2.84. The fraction of sp³-hybridized carbons (Fsp3) is 0.500. The maximum atomic E-state index is 5.05. The Morgan fingerprint density at radius 3 is 2.55 bits per heavy atom. The molecule has 0 saturated heterocycles. The Morgan fingerprint density at radius 2 is 1.95 bits per heavy atom. The molecule has 0 amide bonds. The van der Waals surface area contributed by atoms with Crippen LogP contribution in [0.25, 0.3) is 0 Å². The number of imidazole rings is 1. The van der Waals surface area contributed by atoms with Crippen molar-refractivity contribution in [2.75, 3.05) is 30.8 Å². The summed E-state index contributed by atoms with van der Waals surface area (Å²) < 4.78 is 7.04. The first-order chi connectivity index (χ1) is 9.72. The van der Waals surface area contributed by atoms with Gasteiger partial charge in [0.2, 0.25) is 11.9 Å². The van der Waals surface area contributed by atoms with Gasteiger partial charge in [-0.3, -0.25) is 0 Å². The Labute approximate surface area is 117 Å². The molecule has 0 radical (unpaired) electrons. The van der Waals surface area contributed by atoms with Gasteiger partial charge in [-0.1, -0.05) is 0 Å². The number of aryl methyl sites for hydroxylation is 1. The molecule has 2 N–H and O–H groups in total. The summed E-state index contributed by atoms with van der Waals surface area (Å²) in [5.41, 5.74) is 0. The number of aromatic nitrogens is 5. The molecule has 2 aromatic heterocycles. The molecule has 8 nitrogen and oxygen atoms in total. The van der Waals surface area contributed by atoms with Gasteiger partial charge in [0.15, 0.2) is 0 Å². The van der Waals surface area contributed by atoms with Crippen molar-refractivity contribution in [2.24, 2.45) is 7.05 Å². The second kappa shape index (κ2) is 6.69. The third-order valence-electron chi connectivity index (χ3n) is 2.69. The van der Waals surface area contributed by atoms with Crippen molar-refractivity contribution in [1.29, 1.82) is 0 Å². The van der Waals surface area contributed by atoms with Crippen LogP contribution in [0.1, 0.15) is 12.7 Å². The second-order valence-electron chi connectivity index (χ2n) is 4.13. The highest BCUT2D eigenvalue weighted by atomic mass is 16.5. The molecule has 0 aliphatic carbocycles. The van der Waals surface area contributed by atoms with Gasteiger partial charge in [0.25, 0.3) is 0 Å². The van der Waals surface area contributed by atoms with E-state index in [4.69, 9.17) is 4.74 Å². The van der Waals surface area contributed by atoms with Crippen molar-refractivity contribution < 1.29 is 4.74 Å². The van der Waals surface area contributed by atoms with Crippen molar-refractivity contribution >= 4 is 11.9 Å². The first-order valence-electron chi connectivity index (χ1n) is 6.47. The number of ether oxygens (including phenoxy) is 1. The lowest BCUT2D eigenvalue weighted by Gasteiger charge is -2.08. The highest BCUT2D eigenvalue weighted by Gasteiger charge is 2.06. The summed E-state index contributed by atoms with van der Waals surface area (Å²) in [6, 6.07) is 0.287. The van der Waals surface area contributed by atoms with E-state index in [-0.39, 0.29) is 6.01 Å². The lowest BCUT2D eigenvalue weighted by atomic mass is 10.4. The van der Waals surface area contributed by atoms with Crippen molar-refractivity contribution in [3.8, 4) is 6.01 Å². The fourth-order valence-electron chi connectivity index (χ4n) is 1.69. The lowest BCUT2D eigenvalue weighted by molar-refractivity contribution is 0.379. The highest BCUT2D eigenvalue weighted by Crippen LogP contribution is 2.10. The molecule has 0 aliphatic rings. The van der Waals surface area contributed by atoms with Crippen LogP contribution in [0.4, 0.5) is 11.9 Å². The molecule has 0 spiro atoms. The van der Waals surface area contributed by atoms with Crippen LogP contribution < -0.4 is 15.4 Å². The van der Waals surface area contributed by atoms with E-state index in [9.17, 15) is 0 Å². The number of rotatable bonds is 7. The van der Waals surface area contributed by atoms with Crippen molar-refractivity contribution in [2.45, 2.75) is 13.3 Å². The summed E-state index contributed by atoms with van der Waals surface area (Å²) in [6.07, 6.45) is 4.49. The average molecular weight is 277 g/mol. The maximum Gasteiger partial charge on any atom is 0.322 e. The van der Waals surface area contributed by atoms with Gasteiger partial charge in [-0.05, 0) is 6.92 Å². The number of hydrogen-bond donors (Lipinski definition) is 2. The molecular formula is C12H19N7O. The minimum atomic E-state index is 0.287. The monoisotopic (exact) mass is 277 g/mol. The van der Waals surface area contributed by atoms with Gasteiger partial charge in [-0.25, -0.2) is 4.98 Å². The first-order valence-corrected chi connectivity index (χ1v) is 6.47. The standard InChI is InChI=1S/C12H19N7O/c1-4-13-10-16-11(18-12(17-10)20-3)15-6-5-9-14-7-8-19(9)2/h7-8H,4-6H2,1-3H3,(H2,13,15,16,17,18). The van der Waals surface area contributed by atoms with Crippen LogP contribution in [0, 0.1) is 0 Å². The Hall–Kier alpha value is -2.38. The van der Waals surface area contributed by atoms with Gasteiger partial charge in [0, 0.05) is 39.0 Å². The maximum absolute atomic E-state index is 5.05. The van der Waals surface area contributed by atoms with Gasteiger partial charge in [-0.15, -0.1) is 0 Å². The van der Waals surface area contributed by atoms with Gasteiger partial charge >= 0.3 is 6.01 Å². The number of methoxy groups -OCH3 is 1. The Balaban J connectivity index is 1.97. The Kier molecular flexibility index (Phi) is 4.70. The molecule has 2 rings (SSSR count). The third-order valence-corrected chi connectivity index (χ3v) is 2.69. The van der Waals surface area contributed by atoms with E-state index in [1.165, 1.54) is 7.11 Å². The van der Waals surface area contributed by atoms with E-state index in [1.54, 1.807) is 6.20 Å². The van der Waals surface area contributed by atoms with Crippen LogP contribution in [-0.2, 0) is 13.5 Å². The van der Waals surface area contributed by atoms with Crippen LogP contribution in [0.3, 0.4) is 0 Å². The quantitative estimate of drug-likeness (QED) is 0.770. The molecule has 0 saturated carbocycles.